The molecule has 0 saturated heterocycles. The van der Waals surface area contributed by atoms with E-state index in [2.05, 4.69) is 22.5 Å². The van der Waals surface area contributed by atoms with Crippen LogP contribution in [-0.4, -0.2) is 22.7 Å². The van der Waals surface area contributed by atoms with Crippen LogP contribution >= 0.6 is 0 Å². The topological polar surface area (TPSA) is 65.1 Å². The second kappa shape index (κ2) is 7.19. The molecule has 0 aliphatic heterocycles. The SMILES string of the molecule is COC(c1ccccc1)C(CCc1nccn1C)NN. The molecule has 1 aromatic heterocycles. The lowest BCUT2D eigenvalue weighted by Gasteiger charge is -2.25. The first-order chi connectivity index (χ1) is 9.76. The van der Waals surface area contributed by atoms with Gasteiger partial charge in [-0.05, 0) is 12.0 Å². The van der Waals surface area contributed by atoms with Gasteiger partial charge in [0.2, 0.25) is 0 Å². The minimum absolute atomic E-state index is 0.0408. The third-order valence-electron chi connectivity index (χ3n) is 3.56. The highest BCUT2D eigenvalue weighted by Gasteiger charge is 2.22. The molecule has 0 fully saturated rings. The van der Waals surface area contributed by atoms with Crippen molar-refractivity contribution < 1.29 is 4.74 Å². The van der Waals surface area contributed by atoms with Crippen LogP contribution in [0.1, 0.15) is 23.9 Å². The van der Waals surface area contributed by atoms with Gasteiger partial charge in [-0.3, -0.25) is 11.3 Å². The number of rotatable bonds is 7. The number of ether oxygens (including phenoxy) is 1. The van der Waals surface area contributed by atoms with E-state index >= 15 is 0 Å². The van der Waals surface area contributed by atoms with Crippen molar-refractivity contribution in [2.75, 3.05) is 7.11 Å². The van der Waals surface area contributed by atoms with Gasteiger partial charge < -0.3 is 9.30 Å². The van der Waals surface area contributed by atoms with Crippen molar-refractivity contribution in [3.05, 3.63) is 54.1 Å². The van der Waals surface area contributed by atoms with Gasteiger partial charge in [0.15, 0.2) is 0 Å². The summed E-state index contributed by atoms with van der Waals surface area (Å²) in [4.78, 5) is 4.33. The smallest absolute Gasteiger partial charge is 0.108 e. The third-order valence-corrected chi connectivity index (χ3v) is 3.56. The Morgan fingerprint density at radius 2 is 2.10 bits per heavy atom. The molecule has 2 atom stereocenters. The highest BCUT2D eigenvalue weighted by Crippen LogP contribution is 2.22. The molecule has 0 aliphatic rings. The average Bonchev–Trinajstić information content (AvgIpc) is 2.90. The fourth-order valence-electron chi connectivity index (χ4n) is 2.42. The van der Waals surface area contributed by atoms with Crippen molar-refractivity contribution >= 4 is 0 Å². The molecule has 3 N–H and O–H groups in total. The fourth-order valence-corrected chi connectivity index (χ4v) is 2.42. The van der Waals surface area contributed by atoms with Gasteiger partial charge in [-0.25, -0.2) is 4.98 Å². The summed E-state index contributed by atoms with van der Waals surface area (Å²) in [6, 6.07) is 10.2. The number of nitrogens with zero attached hydrogens (tertiary/aromatic N) is 2. The molecule has 0 radical (unpaired) electrons. The van der Waals surface area contributed by atoms with E-state index < -0.39 is 0 Å². The highest BCUT2D eigenvalue weighted by atomic mass is 16.5. The molecule has 1 heterocycles. The zero-order valence-corrected chi connectivity index (χ0v) is 12.0. The van der Waals surface area contributed by atoms with Gasteiger partial charge >= 0.3 is 0 Å². The first-order valence-corrected chi connectivity index (χ1v) is 6.76. The fraction of sp³-hybridized carbons (Fsp3) is 0.400. The number of hydrazine groups is 1. The first kappa shape index (κ1) is 14.7. The Kier molecular flexibility index (Phi) is 5.29. The predicted molar refractivity (Wildman–Crippen MR) is 78.8 cm³/mol. The van der Waals surface area contributed by atoms with Gasteiger partial charge in [0.05, 0.1) is 12.1 Å². The summed E-state index contributed by atoms with van der Waals surface area (Å²) < 4.78 is 7.65. The van der Waals surface area contributed by atoms with Crippen LogP contribution in [0.4, 0.5) is 0 Å². The Bertz CT molecular complexity index is 512. The minimum atomic E-state index is -0.0681. The molecule has 2 aromatic rings. The molecule has 108 valence electrons. The maximum Gasteiger partial charge on any atom is 0.108 e. The summed E-state index contributed by atoms with van der Waals surface area (Å²) in [7, 11) is 3.71. The van der Waals surface area contributed by atoms with Gasteiger partial charge in [-0.15, -0.1) is 0 Å². The monoisotopic (exact) mass is 274 g/mol. The maximum atomic E-state index is 5.71. The summed E-state index contributed by atoms with van der Waals surface area (Å²) in [5.41, 5.74) is 3.99. The molecular weight excluding hydrogens is 252 g/mol. The van der Waals surface area contributed by atoms with Crippen molar-refractivity contribution in [1.82, 2.24) is 15.0 Å². The molecule has 0 bridgehead atoms. The molecule has 20 heavy (non-hydrogen) atoms. The zero-order chi connectivity index (χ0) is 14.4. The summed E-state index contributed by atoms with van der Waals surface area (Å²) >= 11 is 0. The van der Waals surface area contributed by atoms with Crippen LogP contribution < -0.4 is 11.3 Å². The van der Waals surface area contributed by atoms with E-state index in [9.17, 15) is 0 Å². The Morgan fingerprint density at radius 3 is 2.65 bits per heavy atom. The second-order valence-corrected chi connectivity index (χ2v) is 4.83. The van der Waals surface area contributed by atoms with Gasteiger partial charge in [0, 0.05) is 33.0 Å². The Hall–Kier alpha value is -1.69. The molecule has 0 saturated carbocycles. The first-order valence-electron chi connectivity index (χ1n) is 6.76. The van der Waals surface area contributed by atoms with E-state index in [-0.39, 0.29) is 12.1 Å². The highest BCUT2D eigenvalue weighted by molar-refractivity contribution is 5.19. The summed E-state index contributed by atoms with van der Waals surface area (Å²) in [5, 5.41) is 0. The van der Waals surface area contributed by atoms with Crippen LogP contribution in [0.15, 0.2) is 42.7 Å². The number of nitrogens with one attached hydrogen (secondary N) is 1. The lowest BCUT2D eigenvalue weighted by atomic mass is 9.98. The van der Waals surface area contributed by atoms with E-state index in [1.54, 1.807) is 7.11 Å². The van der Waals surface area contributed by atoms with Gasteiger partial charge in [0.25, 0.3) is 0 Å². The van der Waals surface area contributed by atoms with Gasteiger partial charge in [0.1, 0.15) is 5.82 Å². The van der Waals surface area contributed by atoms with Crippen molar-refractivity contribution in [2.45, 2.75) is 25.0 Å². The Balaban J connectivity index is 2.04. The van der Waals surface area contributed by atoms with E-state index in [1.165, 1.54) is 0 Å². The third kappa shape index (κ3) is 3.45. The number of methoxy groups -OCH3 is 1. The zero-order valence-electron chi connectivity index (χ0n) is 12.0. The standard InChI is InChI=1S/C15H22N4O/c1-19-11-10-17-14(19)9-8-13(18-16)15(20-2)12-6-4-3-5-7-12/h3-7,10-11,13,15,18H,8-9,16H2,1-2H3. The molecular formula is C15H22N4O. The molecule has 0 spiro atoms. The molecule has 0 amide bonds. The van der Waals surface area contributed by atoms with E-state index in [1.807, 2.05) is 42.2 Å². The minimum Gasteiger partial charge on any atom is -0.375 e. The molecule has 5 heteroatoms. The average molecular weight is 274 g/mol. The van der Waals surface area contributed by atoms with Crippen LogP contribution in [-0.2, 0) is 18.2 Å². The van der Waals surface area contributed by atoms with Crippen LogP contribution in [0.2, 0.25) is 0 Å². The quantitative estimate of drug-likeness (QED) is 0.594. The van der Waals surface area contributed by atoms with Crippen molar-refractivity contribution in [3.8, 4) is 0 Å². The number of hydrogen-bond donors (Lipinski definition) is 2. The van der Waals surface area contributed by atoms with E-state index in [0.29, 0.717) is 0 Å². The lowest BCUT2D eigenvalue weighted by molar-refractivity contribution is 0.0648. The molecule has 2 unspecified atom stereocenters. The summed E-state index contributed by atoms with van der Waals surface area (Å²) in [6.45, 7) is 0. The largest absolute Gasteiger partial charge is 0.375 e. The van der Waals surface area contributed by atoms with E-state index in [0.717, 1.165) is 24.2 Å². The number of imidazole rings is 1. The lowest BCUT2D eigenvalue weighted by Crippen LogP contribution is -2.41. The molecule has 5 nitrogen and oxygen atoms in total. The molecule has 0 aliphatic carbocycles. The Labute approximate surface area is 119 Å². The normalized spacial score (nSPS) is 14.2. The predicted octanol–water partition coefficient (Wildman–Crippen LogP) is 1.57. The number of benzene rings is 1. The van der Waals surface area contributed by atoms with Crippen molar-refractivity contribution in [1.29, 1.82) is 0 Å². The maximum absolute atomic E-state index is 5.71. The van der Waals surface area contributed by atoms with Crippen LogP contribution in [0.25, 0.3) is 0 Å². The summed E-state index contributed by atoms with van der Waals surface area (Å²) in [5.74, 6) is 6.76. The number of nitrogens with two attached hydrogens (primary N) is 1. The van der Waals surface area contributed by atoms with Crippen LogP contribution in [0.3, 0.4) is 0 Å². The number of hydrogen-bond acceptors (Lipinski definition) is 4. The van der Waals surface area contributed by atoms with Gasteiger partial charge in [-0.1, -0.05) is 30.3 Å². The van der Waals surface area contributed by atoms with Crippen molar-refractivity contribution in [3.63, 3.8) is 0 Å². The summed E-state index contributed by atoms with van der Waals surface area (Å²) in [6.07, 6.45) is 5.40. The van der Waals surface area contributed by atoms with Crippen molar-refractivity contribution in [2.24, 2.45) is 12.9 Å². The second-order valence-electron chi connectivity index (χ2n) is 4.83. The molecule has 1 aromatic carbocycles. The number of aromatic nitrogens is 2. The Morgan fingerprint density at radius 1 is 1.35 bits per heavy atom. The van der Waals surface area contributed by atoms with E-state index in [4.69, 9.17) is 10.6 Å². The molecule has 2 rings (SSSR count). The van der Waals surface area contributed by atoms with Crippen LogP contribution in [0.5, 0.6) is 0 Å². The van der Waals surface area contributed by atoms with Gasteiger partial charge in [-0.2, -0.15) is 0 Å². The van der Waals surface area contributed by atoms with Crippen LogP contribution in [0, 0.1) is 0 Å². The number of aryl methyl sites for hydroxylation is 2.